The lowest BCUT2D eigenvalue weighted by Gasteiger charge is -2.13. The summed E-state index contributed by atoms with van der Waals surface area (Å²) in [6.07, 6.45) is 0. The zero-order valence-corrected chi connectivity index (χ0v) is 18.1. The number of rotatable bonds is 7. The summed E-state index contributed by atoms with van der Waals surface area (Å²) in [5, 5.41) is 23.7. The van der Waals surface area contributed by atoms with Gasteiger partial charge in [-0.2, -0.15) is 5.26 Å². The van der Waals surface area contributed by atoms with Crippen molar-refractivity contribution in [2.45, 2.75) is 13.8 Å². The Labute approximate surface area is 189 Å². The molecule has 0 atom stereocenters. The summed E-state index contributed by atoms with van der Waals surface area (Å²) in [6.45, 7) is 3.06. The lowest BCUT2D eigenvalue weighted by atomic mass is 10.2. The van der Waals surface area contributed by atoms with E-state index < -0.39 is 29.1 Å². The van der Waals surface area contributed by atoms with Gasteiger partial charge in [-0.05, 0) is 43.7 Å². The van der Waals surface area contributed by atoms with Gasteiger partial charge in [-0.25, -0.2) is 4.79 Å². The minimum atomic E-state index is -0.737. The highest BCUT2D eigenvalue weighted by molar-refractivity contribution is 5.93. The van der Waals surface area contributed by atoms with Crippen LogP contribution in [0.15, 0.2) is 48.5 Å². The fourth-order valence-corrected chi connectivity index (χ4v) is 3.30. The zero-order chi connectivity index (χ0) is 24.1. The van der Waals surface area contributed by atoms with Gasteiger partial charge in [-0.15, -0.1) is 0 Å². The number of methoxy groups -OCH3 is 1. The van der Waals surface area contributed by atoms with Crippen LogP contribution in [-0.4, -0.2) is 35.1 Å². The number of hydrogen-bond donors (Lipinski definition) is 1. The lowest BCUT2D eigenvalue weighted by Crippen LogP contribution is -2.22. The maximum Gasteiger partial charge on any atom is 0.338 e. The van der Waals surface area contributed by atoms with Gasteiger partial charge in [0.25, 0.3) is 5.91 Å². The van der Waals surface area contributed by atoms with Gasteiger partial charge in [0.2, 0.25) is 0 Å². The van der Waals surface area contributed by atoms with Gasteiger partial charge < -0.3 is 14.8 Å². The van der Waals surface area contributed by atoms with E-state index in [-0.39, 0.29) is 17.1 Å². The number of nitro benzene ring substituents is 1. The number of ether oxygens (including phenoxy) is 2. The Morgan fingerprint density at radius 3 is 2.48 bits per heavy atom. The molecule has 10 heteroatoms. The standard InChI is InChI=1S/C23H20N4O6/c1-14-15(2)26(17-7-5-4-6-8-17)22(18(14)12-24)25-21(28)13-33-20-10-9-16(23(29)32-3)11-19(20)27(30)31/h4-11H,13H2,1-3H3,(H,25,28). The first-order valence-corrected chi connectivity index (χ1v) is 9.75. The molecule has 1 aromatic heterocycles. The summed E-state index contributed by atoms with van der Waals surface area (Å²) in [4.78, 5) is 34.9. The summed E-state index contributed by atoms with van der Waals surface area (Å²) in [5.74, 6) is -1.26. The largest absolute Gasteiger partial charge is 0.477 e. The van der Waals surface area contributed by atoms with Crippen LogP contribution in [0.2, 0.25) is 0 Å². The van der Waals surface area contributed by atoms with Crippen LogP contribution < -0.4 is 10.1 Å². The maximum atomic E-state index is 12.7. The molecule has 0 spiro atoms. The molecular weight excluding hydrogens is 428 g/mol. The van der Waals surface area contributed by atoms with E-state index in [9.17, 15) is 25.0 Å². The van der Waals surface area contributed by atoms with Crippen LogP contribution in [0.3, 0.4) is 0 Å². The van der Waals surface area contributed by atoms with Crippen LogP contribution in [0, 0.1) is 35.3 Å². The summed E-state index contributed by atoms with van der Waals surface area (Å²) < 4.78 is 11.7. The molecule has 3 rings (SSSR count). The van der Waals surface area contributed by atoms with Crippen LogP contribution in [0.25, 0.3) is 5.69 Å². The van der Waals surface area contributed by atoms with Crippen LogP contribution >= 0.6 is 0 Å². The molecule has 168 valence electrons. The van der Waals surface area contributed by atoms with Crippen molar-refractivity contribution in [2.24, 2.45) is 0 Å². The Balaban J connectivity index is 1.86. The third-order valence-electron chi connectivity index (χ3n) is 5.03. The number of amides is 1. The molecular formula is C23H20N4O6. The van der Waals surface area contributed by atoms with Crippen LogP contribution in [-0.2, 0) is 9.53 Å². The molecule has 33 heavy (non-hydrogen) atoms. The minimum Gasteiger partial charge on any atom is -0.477 e. The Morgan fingerprint density at radius 2 is 1.88 bits per heavy atom. The van der Waals surface area contributed by atoms with E-state index in [1.165, 1.54) is 12.1 Å². The zero-order valence-electron chi connectivity index (χ0n) is 18.1. The number of nitrogens with one attached hydrogen (secondary N) is 1. The summed E-state index contributed by atoms with van der Waals surface area (Å²) in [5.41, 5.74) is 2.05. The first-order chi connectivity index (χ1) is 15.8. The number of carbonyl (C=O) groups excluding carboxylic acids is 2. The van der Waals surface area contributed by atoms with Crippen molar-refractivity contribution >= 4 is 23.4 Å². The molecule has 0 saturated carbocycles. The number of aromatic nitrogens is 1. The molecule has 1 amide bonds. The Morgan fingerprint density at radius 1 is 1.18 bits per heavy atom. The SMILES string of the molecule is COC(=O)c1ccc(OCC(=O)Nc2c(C#N)c(C)c(C)n2-c2ccccc2)c([N+](=O)[O-])c1. The molecule has 2 aromatic carbocycles. The number of nitriles is 1. The predicted octanol–water partition coefficient (Wildman–Crippen LogP) is 3.68. The van der Waals surface area contributed by atoms with Crippen molar-refractivity contribution in [3.05, 3.63) is 81.0 Å². The minimum absolute atomic E-state index is 0.0219. The van der Waals surface area contributed by atoms with Crippen molar-refractivity contribution in [2.75, 3.05) is 19.0 Å². The summed E-state index contributed by atoms with van der Waals surface area (Å²) in [6, 6.07) is 14.8. The average molecular weight is 448 g/mol. The highest BCUT2D eigenvalue weighted by Crippen LogP contribution is 2.31. The molecule has 0 unspecified atom stereocenters. The van der Waals surface area contributed by atoms with Gasteiger partial charge in [-0.1, -0.05) is 18.2 Å². The second-order valence-electron chi connectivity index (χ2n) is 6.98. The normalized spacial score (nSPS) is 10.2. The monoisotopic (exact) mass is 448 g/mol. The maximum absolute atomic E-state index is 12.7. The first-order valence-electron chi connectivity index (χ1n) is 9.75. The van der Waals surface area contributed by atoms with Gasteiger partial charge in [0.15, 0.2) is 12.4 Å². The van der Waals surface area contributed by atoms with E-state index in [2.05, 4.69) is 16.1 Å². The van der Waals surface area contributed by atoms with E-state index in [1.54, 1.807) is 11.5 Å². The van der Waals surface area contributed by atoms with Gasteiger partial charge in [0.1, 0.15) is 11.9 Å². The van der Waals surface area contributed by atoms with E-state index in [4.69, 9.17) is 4.74 Å². The van der Waals surface area contributed by atoms with Crippen molar-refractivity contribution in [3.63, 3.8) is 0 Å². The number of esters is 1. The molecule has 0 saturated heterocycles. The molecule has 0 radical (unpaired) electrons. The Hall–Kier alpha value is -4.65. The average Bonchev–Trinajstić information content (AvgIpc) is 3.06. The van der Waals surface area contributed by atoms with Crippen molar-refractivity contribution in [1.82, 2.24) is 4.57 Å². The number of para-hydroxylation sites is 1. The summed E-state index contributed by atoms with van der Waals surface area (Å²) in [7, 11) is 1.16. The molecule has 0 aliphatic heterocycles. The van der Waals surface area contributed by atoms with Crippen LogP contribution in [0.4, 0.5) is 11.5 Å². The second kappa shape index (κ2) is 9.65. The topological polar surface area (TPSA) is 136 Å². The van der Waals surface area contributed by atoms with Crippen molar-refractivity contribution in [1.29, 1.82) is 5.26 Å². The number of carbonyl (C=O) groups is 2. The van der Waals surface area contributed by atoms with Crippen molar-refractivity contribution in [3.8, 4) is 17.5 Å². The third kappa shape index (κ3) is 4.67. The Bertz CT molecular complexity index is 1270. The first kappa shape index (κ1) is 23.0. The van der Waals surface area contributed by atoms with E-state index in [0.717, 1.165) is 24.6 Å². The van der Waals surface area contributed by atoms with Crippen LogP contribution in [0.1, 0.15) is 27.2 Å². The molecule has 1 heterocycles. The molecule has 0 bridgehead atoms. The van der Waals surface area contributed by atoms with Gasteiger partial charge in [0.05, 0.1) is 23.2 Å². The highest BCUT2D eigenvalue weighted by atomic mass is 16.6. The van der Waals surface area contributed by atoms with E-state index in [1.807, 2.05) is 37.3 Å². The molecule has 0 aliphatic rings. The Kier molecular flexibility index (Phi) is 6.74. The second-order valence-corrected chi connectivity index (χ2v) is 6.98. The number of anilines is 1. The highest BCUT2D eigenvalue weighted by Gasteiger charge is 2.23. The van der Waals surface area contributed by atoms with E-state index in [0.29, 0.717) is 11.1 Å². The smallest absolute Gasteiger partial charge is 0.338 e. The number of benzene rings is 2. The molecule has 3 aromatic rings. The fourth-order valence-electron chi connectivity index (χ4n) is 3.30. The van der Waals surface area contributed by atoms with Crippen LogP contribution in [0.5, 0.6) is 5.75 Å². The van der Waals surface area contributed by atoms with Gasteiger partial charge in [-0.3, -0.25) is 19.5 Å². The predicted molar refractivity (Wildman–Crippen MR) is 119 cm³/mol. The molecule has 0 aliphatic carbocycles. The van der Waals surface area contributed by atoms with Gasteiger partial charge >= 0.3 is 11.7 Å². The fraction of sp³-hybridized carbons (Fsp3) is 0.174. The molecule has 1 N–H and O–H groups in total. The number of nitrogens with zero attached hydrogens (tertiary/aromatic N) is 3. The van der Waals surface area contributed by atoms with E-state index >= 15 is 0 Å². The lowest BCUT2D eigenvalue weighted by molar-refractivity contribution is -0.385. The molecule has 10 nitrogen and oxygen atoms in total. The number of hydrogen-bond acceptors (Lipinski definition) is 7. The molecule has 0 fully saturated rings. The quantitative estimate of drug-likeness (QED) is 0.331. The van der Waals surface area contributed by atoms with Gasteiger partial charge in [0, 0.05) is 17.4 Å². The third-order valence-corrected chi connectivity index (χ3v) is 5.03. The number of nitro groups is 1. The van der Waals surface area contributed by atoms with Crippen molar-refractivity contribution < 1.29 is 24.0 Å². The summed E-state index contributed by atoms with van der Waals surface area (Å²) >= 11 is 0.